The fourth-order valence-corrected chi connectivity index (χ4v) is 1.67. The van der Waals surface area contributed by atoms with Crippen LogP contribution in [-0.2, 0) is 4.79 Å². The van der Waals surface area contributed by atoms with E-state index in [-0.39, 0.29) is 18.3 Å². The second-order valence-electron chi connectivity index (χ2n) is 4.00. The lowest BCUT2D eigenvalue weighted by Gasteiger charge is -2.35. The number of amides is 1. The summed E-state index contributed by atoms with van der Waals surface area (Å²) in [6.07, 6.45) is 0.630. The molecule has 1 N–H and O–H groups in total. The summed E-state index contributed by atoms with van der Waals surface area (Å²) in [5, 5.41) is 3.43. The largest absolute Gasteiger partial charge is 0.340 e. The van der Waals surface area contributed by atoms with Crippen LogP contribution in [0.4, 0.5) is 0 Å². The van der Waals surface area contributed by atoms with Crippen molar-refractivity contribution >= 4 is 18.3 Å². The molecule has 1 saturated heterocycles. The molecule has 1 fully saturated rings. The Balaban J connectivity index is 0.00000169. The molecule has 0 bridgehead atoms. The monoisotopic (exact) mass is 220 g/mol. The SMILES string of the molecule is CCC(=O)N1CCN[C@@H](C(C)C)C1.Cl. The molecule has 1 atom stereocenters. The number of piperazine rings is 1. The van der Waals surface area contributed by atoms with Gasteiger partial charge in [-0.3, -0.25) is 4.79 Å². The van der Waals surface area contributed by atoms with Gasteiger partial charge in [0, 0.05) is 32.1 Å². The molecule has 0 aromatic heterocycles. The summed E-state index contributed by atoms with van der Waals surface area (Å²) in [5.74, 6) is 0.889. The topological polar surface area (TPSA) is 32.3 Å². The van der Waals surface area contributed by atoms with Crippen LogP contribution in [0.5, 0.6) is 0 Å². The zero-order valence-electron chi connectivity index (χ0n) is 9.25. The van der Waals surface area contributed by atoms with E-state index >= 15 is 0 Å². The van der Waals surface area contributed by atoms with E-state index in [4.69, 9.17) is 0 Å². The van der Waals surface area contributed by atoms with Gasteiger partial charge in [-0.15, -0.1) is 12.4 Å². The van der Waals surface area contributed by atoms with Gasteiger partial charge in [0.15, 0.2) is 0 Å². The number of carbonyl (C=O) groups is 1. The van der Waals surface area contributed by atoms with E-state index in [1.807, 2.05) is 11.8 Å². The van der Waals surface area contributed by atoms with Crippen LogP contribution in [0.3, 0.4) is 0 Å². The maximum absolute atomic E-state index is 11.4. The van der Waals surface area contributed by atoms with Crippen molar-refractivity contribution in [3.8, 4) is 0 Å². The minimum atomic E-state index is 0. The molecule has 0 unspecified atom stereocenters. The molecule has 0 aromatic carbocycles. The first kappa shape index (κ1) is 13.7. The van der Waals surface area contributed by atoms with E-state index in [2.05, 4.69) is 19.2 Å². The summed E-state index contributed by atoms with van der Waals surface area (Å²) in [6.45, 7) is 9.00. The maximum Gasteiger partial charge on any atom is 0.222 e. The summed E-state index contributed by atoms with van der Waals surface area (Å²) in [5.41, 5.74) is 0. The standard InChI is InChI=1S/C10H20N2O.ClH/c1-4-10(13)12-6-5-11-9(7-12)8(2)3;/h8-9,11H,4-7H2,1-3H3;1H/t9-;/m1./s1. The molecule has 84 valence electrons. The zero-order chi connectivity index (χ0) is 9.84. The zero-order valence-corrected chi connectivity index (χ0v) is 10.1. The quantitative estimate of drug-likeness (QED) is 0.761. The molecule has 1 aliphatic rings. The minimum absolute atomic E-state index is 0. The maximum atomic E-state index is 11.4. The van der Waals surface area contributed by atoms with Gasteiger partial charge >= 0.3 is 0 Å². The highest BCUT2D eigenvalue weighted by Crippen LogP contribution is 2.08. The highest BCUT2D eigenvalue weighted by molar-refractivity contribution is 5.85. The molecule has 4 heteroatoms. The van der Waals surface area contributed by atoms with Crippen LogP contribution in [0.2, 0.25) is 0 Å². The number of carbonyl (C=O) groups excluding carboxylic acids is 1. The van der Waals surface area contributed by atoms with Crippen LogP contribution in [0.25, 0.3) is 0 Å². The molecule has 1 rings (SSSR count). The highest BCUT2D eigenvalue weighted by atomic mass is 35.5. The lowest BCUT2D eigenvalue weighted by atomic mass is 10.0. The van der Waals surface area contributed by atoms with Gasteiger partial charge in [-0.25, -0.2) is 0 Å². The highest BCUT2D eigenvalue weighted by Gasteiger charge is 2.23. The van der Waals surface area contributed by atoms with E-state index in [9.17, 15) is 4.79 Å². The number of halogens is 1. The van der Waals surface area contributed by atoms with Gasteiger partial charge in [0.2, 0.25) is 5.91 Å². The number of hydrogen-bond acceptors (Lipinski definition) is 2. The van der Waals surface area contributed by atoms with E-state index in [1.165, 1.54) is 0 Å². The van der Waals surface area contributed by atoms with E-state index in [1.54, 1.807) is 0 Å². The first-order valence-electron chi connectivity index (χ1n) is 5.16. The minimum Gasteiger partial charge on any atom is -0.340 e. The van der Waals surface area contributed by atoms with Gasteiger partial charge in [-0.05, 0) is 5.92 Å². The third kappa shape index (κ3) is 3.46. The summed E-state index contributed by atoms with van der Waals surface area (Å²) in [4.78, 5) is 13.4. The fourth-order valence-electron chi connectivity index (χ4n) is 1.67. The first-order chi connectivity index (χ1) is 6.15. The third-order valence-corrected chi connectivity index (χ3v) is 2.67. The Hall–Kier alpha value is -0.280. The van der Waals surface area contributed by atoms with Crippen molar-refractivity contribution < 1.29 is 4.79 Å². The molecule has 0 spiro atoms. The number of nitrogens with zero attached hydrogens (tertiary/aromatic N) is 1. The van der Waals surface area contributed by atoms with Crippen LogP contribution >= 0.6 is 12.4 Å². The Morgan fingerprint density at radius 1 is 1.57 bits per heavy atom. The summed E-state index contributed by atoms with van der Waals surface area (Å²) in [6, 6.07) is 0.476. The summed E-state index contributed by atoms with van der Waals surface area (Å²) >= 11 is 0. The van der Waals surface area contributed by atoms with Crippen molar-refractivity contribution in [2.24, 2.45) is 5.92 Å². The number of nitrogens with one attached hydrogen (secondary N) is 1. The third-order valence-electron chi connectivity index (χ3n) is 2.67. The van der Waals surface area contributed by atoms with E-state index in [0.717, 1.165) is 19.6 Å². The molecule has 1 heterocycles. The van der Waals surface area contributed by atoms with Gasteiger partial charge in [0.25, 0.3) is 0 Å². The number of hydrogen-bond donors (Lipinski definition) is 1. The average Bonchev–Trinajstić information content (AvgIpc) is 2.17. The molecule has 1 aliphatic heterocycles. The summed E-state index contributed by atoms with van der Waals surface area (Å²) in [7, 11) is 0. The van der Waals surface area contributed by atoms with Crippen LogP contribution < -0.4 is 5.32 Å². The van der Waals surface area contributed by atoms with Crippen LogP contribution in [0.1, 0.15) is 27.2 Å². The van der Waals surface area contributed by atoms with Crippen molar-refractivity contribution in [3.63, 3.8) is 0 Å². The Morgan fingerprint density at radius 3 is 2.71 bits per heavy atom. The molecule has 0 saturated carbocycles. The Morgan fingerprint density at radius 2 is 2.21 bits per heavy atom. The molecule has 0 radical (unpaired) electrons. The lowest BCUT2D eigenvalue weighted by Crippen LogP contribution is -2.54. The molecule has 0 aliphatic carbocycles. The van der Waals surface area contributed by atoms with Crippen LogP contribution in [0, 0.1) is 5.92 Å². The van der Waals surface area contributed by atoms with Gasteiger partial charge in [-0.2, -0.15) is 0 Å². The van der Waals surface area contributed by atoms with E-state index in [0.29, 0.717) is 18.4 Å². The molecule has 1 amide bonds. The van der Waals surface area contributed by atoms with Gasteiger partial charge in [0.1, 0.15) is 0 Å². The van der Waals surface area contributed by atoms with E-state index < -0.39 is 0 Å². The van der Waals surface area contributed by atoms with Crippen molar-refractivity contribution in [2.45, 2.75) is 33.2 Å². The molecule has 3 nitrogen and oxygen atoms in total. The Kier molecular flexibility index (Phi) is 6.12. The van der Waals surface area contributed by atoms with Crippen molar-refractivity contribution in [1.82, 2.24) is 10.2 Å². The van der Waals surface area contributed by atoms with Gasteiger partial charge < -0.3 is 10.2 Å². The predicted octanol–water partition coefficient (Wildman–Crippen LogP) is 1.27. The molecular formula is C10H21ClN2O. The molecule has 14 heavy (non-hydrogen) atoms. The Labute approximate surface area is 92.6 Å². The lowest BCUT2D eigenvalue weighted by molar-refractivity contribution is -0.132. The first-order valence-corrected chi connectivity index (χ1v) is 5.16. The van der Waals surface area contributed by atoms with Crippen molar-refractivity contribution in [2.75, 3.05) is 19.6 Å². The smallest absolute Gasteiger partial charge is 0.222 e. The summed E-state index contributed by atoms with van der Waals surface area (Å²) < 4.78 is 0. The van der Waals surface area contributed by atoms with Crippen molar-refractivity contribution in [3.05, 3.63) is 0 Å². The van der Waals surface area contributed by atoms with Crippen LogP contribution in [0.15, 0.2) is 0 Å². The van der Waals surface area contributed by atoms with Gasteiger partial charge in [0.05, 0.1) is 0 Å². The van der Waals surface area contributed by atoms with Gasteiger partial charge in [-0.1, -0.05) is 20.8 Å². The predicted molar refractivity (Wildman–Crippen MR) is 60.7 cm³/mol. The van der Waals surface area contributed by atoms with Crippen LogP contribution in [-0.4, -0.2) is 36.5 Å². The molecule has 0 aromatic rings. The number of rotatable bonds is 2. The normalized spacial score (nSPS) is 22.0. The fraction of sp³-hybridized carbons (Fsp3) is 0.900. The second kappa shape index (κ2) is 6.25. The van der Waals surface area contributed by atoms with Crippen molar-refractivity contribution in [1.29, 1.82) is 0 Å². The molecular weight excluding hydrogens is 200 g/mol. The second-order valence-corrected chi connectivity index (χ2v) is 4.00. The Bertz CT molecular complexity index is 185. The average molecular weight is 221 g/mol.